The number of aliphatic hydroxyl groups excluding tert-OH is 1. The van der Waals surface area contributed by atoms with E-state index < -0.39 is 0 Å². The first-order valence-corrected chi connectivity index (χ1v) is 5.09. The smallest absolute Gasteiger partial charge is 0.122 e. The van der Waals surface area contributed by atoms with Gasteiger partial charge in [0.15, 0.2) is 0 Å². The second-order valence-electron chi connectivity index (χ2n) is 4.02. The topological polar surface area (TPSA) is 32.8 Å². The van der Waals surface area contributed by atoms with Crippen LogP contribution < -0.4 is 0 Å². The summed E-state index contributed by atoms with van der Waals surface area (Å²) < 4.78 is 5.59. The molecule has 0 aliphatic carbocycles. The fourth-order valence-electron chi connectivity index (χ4n) is 1.91. The summed E-state index contributed by atoms with van der Waals surface area (Å²) in [5.41, 5.74) is 0.790. The molecule has 14 heavy (non-hydrogen) atoms. The molecule has 1 heterocycles. The Morgan fingerprint density at radius 1 is 1.43 bits per heavy atom. The van der Waals surface area contributed by atoms with E-state index in [2.05, 4.69) is 0 Å². The Kier molecular flexibility index (Phi) is 2.33. The number of epoxide rings is 1. The van der Waals surface area contributed by atoms with Crippen molar-refractivity contribution in [3.05, 3.63) is 35.9 Å². The summed E-state index contributed by atoms with van der Waals surface area (Å²) in [6.07, 6.45) is 0.436. The predicted molar refractivity (Wildman–Crippen MR) is 55.0 cm³/mol. The van der Waals surface area contributed by atoms with Gasteiger partial charge in [-0.05, 0) is 18.9 Å². The molecule has 1 N–H and O–H groups in total. The molecular formula is C12H16O2. The number of benzene rings is 1. The molecule has 1 aromatic carbocycles. The Hall–Kier alpha value is -0.860. The van der Waals surface area contributed by atoms with Gasteiger partial charge in [-0.25, -0.2) is 0 Å². The highest BCUT2D eigenvalue weighted by molar-refractivity contribution is 5.26. The lowest BCUT2D eigenvalue weighted by molar-refractivity contribution is 0.0817. The van der Waals surface area contributed by atoms with Crippen LogP contribution in [-0.2, 0) is 4.74 Å². The van der Waals surface area contributed by atoms with E-state index in [4.69, 9.17) is 4.74 Å². The maximum absolute atomic E-state index is 9.76. The van der Waals surface area contributed by atoms with E-state index in [1.807, 2.05) is 44.2 Å². The SMILES string of the molecule is CC[C@H](O)[C@]1(C)O[C@@H]1c1ccccc1. The monoisotopic (exact) mass is 192 g/mol. The molecular weight excluding hydrogens is 176 g/mol. The van der Waals surface area contributed by atoms with Crippen LogP contribution >= 0.6 is 0 Å². The molecule has 1 aliphatic heterocycles. The van der Waals surface area contributed by atoms with Gasteiger partial charge in [0.05, 0.1) is 6.10 Å². The van der Waals surface area contributed by atoms with Crippen LogP contribution in [0, 0.1) is 0 Å². The molecule has 0 amide bonds. The van der Waals surface area contributed by atoms with E-state index in [-0.39, 0.29) is 17.8 Å². The summed E-state index contributed by atoms with van der Waals surface area (Å²) in [6.45, 7) is 3.94. The highest BCUT2D eigenvalue weighted by Gasteiger charge is 2.57. The molecule has 2 rings (SSSR count). The first-order valence-electron chi connectivity index (χ1n) is 5.09. The van der Waals surface area contributed by atoms with Crippen LogP contribution in [0.1, 0.15) is 31.9 Å². The van der Waals surface area contributed by atoms with E-state index in [1.54, 1.807) is 0 Å². The summed E-state index contributed by atoms with van der Waals surface area (Å²) in [5.74, 6) is 0. The largest absolute Gasteiger partial charge is 0.390 e. The molecule has 0 unspecified atom stereocenters. The zero-order chi connectivity index (χ0) is 10.2. The van der Waals surface area contributed by atoms with Crippen LogP contribution in [0.2, 0.25) is 0 Å². The quantitative estimate of drug-likeness (QED) is 0.745. The molecule has 0 saturated carbocycles. The lowest BCUT2D eigenvalue weighted by Gasteiger charge is -2.12. The van der Waals surface area contributed by atoms with E-state index in [1.165, 1.54) is 0 Å². The second-order valence-corrected chi connectivity index (χ2v) is 4.02. The van der Waals surface area contributed by atoms with Gasteiger partial charge < -0.3 is 9.84 Å². The van der Waals surface area contributed by atoms with E-state index in [9.17, 15) is 5.11 Å². The second kappa shape index (κ2) is 3.37. The molecule has 1 aromatic rings. The van der Waals surface area contributed by atoms with E-state index in [0.29, 0.717) is 0 Å². The van der Waals surface area contributed by atoms with E-state index >= 15 is 0 Å². The molecule has 2 heteroatoms. The van der Waals surface area contributed by atoms with Crippen LogP contribution in [0.25, 0.3) is 0 Å². The number of hydrogen-bond donors (Lipinski definition) is 1. The van der Waals surface area contributed by atoms with Crippen molar-refractivity contribution in [2.45, 2.75) is 38.1 Å². The van der Waals surface area contributed by atoms with Gasteiger partial charge >= 0.3 is 0 Å². The highest BCUT2D eigenvalue weighted by Crippen LogP contribution is 2.52. The normalized spacial score (nSPS) is 32.6. The Morgan fingerprint density at radius 3 is 2.64 bits per heavy atom. The molecule has 3 atom stereocenters. The zero-order valence-electron chi connectivity index (χ0n) is 8.60. The van der Waals surface area contributed by atoms with E-state index in [0.717, 1.165) is 12.0 Å². The summed E-state index contributed by atoms with van der Waals surface area (Å²) in [6, 6.07) is 10.1. The van der Waals surface area contributed by atoms with Gasteiger partial charge in [0.1, 0.15) is 11.7 Å². The van der Waals surface area contributed by atoms with Gasteiger partial charge in [0.2, 0.25) is 0 Å². The van der Waals surface area contributed by atoms with Crippen molar-refractivity contribution < 1.29 is 9.84 Å². The van der Waals surface area contributed by atoms with Crippen molar-refractivity contribution in [3.63, 3.8) is 0 Å². The standard InChI is InChI=1S/C12H16O2/c1-3-10(13)12(2)11(14-12)9-7-5-4-6-8-9/h4-8,10-11,13H,3H2,1-2H3/t10-,11+,12-/m0/s1. The van der Waals surface area contributed by atoms with Gasteiger partial charge in [0.25, 0.3) is 0 Å². The minimum absolute atomic E-state index is 0.0682. The van der Waals surface area contributed by atoms with Crippen LogP contribution in [0.4, 0.5) is 0 Å². The predicted octanol–water partition coefficient (Wildman–Crippen LogP) is 2.29. The maximum atomic E-state index is 9.76. The van der Waals surface area contributed by atoms with Gasteiger partial charge in [-0.15, -0.1) is 0 Å². The van der Waals surface area contributed by atoms with Crippen molar-refractivity contribution in [3.8, 4) is 0 Å². The average molecular weight is 192 g/mol. The Balaban J connectivity index is 2.12. The average Bonchev–Trinajstić information content (AvgIpc) is 2.92. The van der Waals surface area contributed by atoms with Crippen LogP contribution in [0.15, 0.2) is 30.3 Å². The molecule has 1 aliphatic rings. The molecule has 0 aromatic heterocycles. The summed E-state index contributed by atoms with van der Waals surface area (Å²) >= 11 is 0. The van der Waals surface area contributed by atoms with Gasteiger partial charge in [0, 0.05) is 0 Å². The fourth-order valence-corrected chi connectivity index (χ4v) is 1.91. The Morgan fingerprint density at radius 2 is 2.07 bits per heavy atom. The molecule has 76 valence electrons. The minimum Gasteiger partial charge on any atom is -0.390 e. The fraction of sp³-hybridized carbons (Fsp3) is 0.500. The molecule has 0 spiro atoms. The number of aliphatic hydroxyl groups is 1. The van der Waals surface area contributed by atoms with Crippen LogP contribution in [0.5, 0.6) is 0 Å². The highest BCUT2D eigenvalue weighted by atomic mass is 16.6. The lowest BCUT2D eigenvalue weighted by Crippen LogP contribution is -2.26. The number of rotatable bonds is 3. The summed E-state index contributed by atoms with van der Waals surface area (Å²) in [4.78, 5) is 0. The lowest BCUT2D eigenvalue weighted by atomic mass is 9.94. The first kappa shape index (κ1) is 9.69. The maximum Gasteiger partial charge on any atom is 0.122 e. The molecule has 1 saturated heterocycles. The van der Waals surface area contributed by atoms with Crippen molar-refractivity contribution in [2.24, 2.45) is 0 Å². The zero-order valence-corrected chi connectivity index (χ0v) is 8.60. The number of ether oxygens (including phenoxy) is 1. The van der Waals surface area contributed by atoms with Crippen LogP contribution in [0.3, 0.4) is 0 Å². The molecule has 2 nitrogen and oxygen atoms in total. The van der Waals surface area contributed by atoms with Crippen molar-refractivity contribution in [1.29, 1.82) is 0 Å². The van der Waals surface area contributed by atoms with Crippen molar-refractivity contribution >= 4 is 0 Å². The van der Waals surface area contributed by atoms with Crippen molar-refractivity contribution in [2.75, 3.05) is 0 Å². The third-order valence-electron chi connectivity index (χ3n) is 2.99. The van der Waals surface area contributed by atoms with Gasteiger partial charge in [-0.1, -0.05) is 37.3 Å². The molecule has 1 fully saturated rings. The van der Waals surface area contributed by atoms with Gasteiger partial charge in [-0.3, -0.25) is 0 Å². The molecule has 0 bridgehead atoms. The summed E-state index contributed by atoms with van der Waals surface area (Å²) in [7, 11) is 0. The minimum atomic E-state index is -0.368. The third-order valence-corrected chi connectivity index (χ3v) is 2.99. The van der Waals surface area contributed by atoms with Crippen LogP contribution in [-0.4, -0.2) is 16.8 Å². The Bertz CT molecular complexity index is 309. The summed E-state index contributed by atoms with van der Waals surface area (Å²) in [5, 5.41) is 9.76. The third kappa shape index (κ3) is 1.45. The first-order chi connectivity index (χ1) is 6.68. The number of hydrogen-bond acceptors (Lipinski definition) is 2. The Labute approximate surface area is 84.5 Å². The molecule has 0 radical (unpaired) electrons. The van der Waals surface area contributed by atoms with Crippen molar-refractivity contribution in [1.82, 2.24) is 0 Å². The van der Waals surface area contributed by atoms with Gasteiger partial charge in [-0.2, -0.15) is 0 Å².